The van der Waals surface area contributed by atoms with E-state index in [4.69, 9.17) is 5.11 Å². The van der Waals surface area contributed by atoms with Crippen molar-refractivity contribution in [3.05, 3.63) is 34.5 Å². The van der Waals surface area contributed by atoms with Gasteiger partial charge in [-0.1, -0.05) is 12.2 Å². The molecule has 1 saturated heterocycles. The van der Waals surface area contributed by atoms with Gasteiger partial charge in [0.1, 0.15) is 0 Å². The quantitative estimate of drug-likeness (QED) is 0.368. The Bertz CT molecular complexity index is 587. The molecule has 2 atom stereocenters. The molecule has 2 heterocycles. The molecular weight excluding hydrogens is 354 g/mol. The molecule has 1 fully saturated rings. The summed E-state index contributed by atoms with van der Waals surface area (Å²) in [5, 5.41) is 22.6. The van der Waals surface area contributed by atoms with Gasteiger partial charge in [0.15, 0.2) is 0 Å². The number of hydrogen-bond acceptors (Lipinski definition) is 5. The first-order chi connectivity index (χ1) is 12.6. The molecular formula is C19H27NO5S. The summed E-state index contributed by atoms with van der Waals surface area (Å²) < 4.78 is 4.48. The Hall–Kier alpha value is -1.86. The van der Waals surface area contributed by atoms with Crippen LogP contribution in [0.1, 0.15) is 44.1 Å². The number of piperidine rings is 1. The Morgan fingerprint density at radius 2 is 2.27 bits per heavy atom. The number of ether oxygens (including phenoxy) is 1. The van der Waals surface area contributed by atoms with Crippen LogP contribution in [0.2, 0.25) is 0 Å². The van der Waals surface area contributed by atoms with Crippen LogP contribution < -0.4 is 0 Å². The smallest absolute Gasteiger partial charge is 0.450 e. The van der Waals surface area contributed by atoms with Crippen molar-refractivity contribution in [3.8, 4) is 0 Å². The summed E-state index contributed by atoms with van der Waals surface area (Å²) >= 11 is 1.62. The van der Waals surface area contributed by atoms with E-state index in [1.54, 1.807) is 17.4 Å². The van der Waals surface area contributed by atoms with Crippen LogP contribution in [-0.2, 0) is 16.0 Å². The highest BCUT2D eigenvalue weighted by Gasteiger charge is 2.25. The minimum atomic E-state index is -1.25. The van der Waals surface area contributed by atoms with Crippen LogP contribution in [0.15, 0.2) is 29.0 Å². The van der Waals surface area contributed by atoms with Crippen LogP contribution in [0.4, 0.5) is 4.79 Å². The lowest BCUT2D eigenvalue weighted by Gasteiger charge is -2.34. The highest BCUT2D eigenvalue weighted by Crippen LogP contribution is 2.21. The third kappa shape index (κ3) is 7.17. The molecule has 0 radical (unpaired) electrons. The molecule has 1 unspecified atom stereocenters. The third-order valence-corrected chi connectivity index (χ3v) is 5.19. The van der Waals surface area contributed by atoms with Crippen LogP contribution in [0.3, 0.4) is 0 Å². The van der Waals surface area contributed by atoms with E-state index in [0.717, 1.165) is 31.2 Å². The lowest BCUT2D eigenvalue weighted by molar-refractivity contribution is -0.135. The minimum absolute atomic E-state index is 0.0312. The zero-order chi connectivity index (χ0) is 18.8. The van der Waals surface area contributed by atoms with Gasteiger partial charge in [-0.25, -0.2) is 4.79 Å². The maximum Gasteiger partial charge on any atom is 0.505 e. The second kappa shape index (κ2) is 11.0. The first-order valence-corrected chi connectivity index (χ1v) is 10.0. The van der Waals surface area contributed by atoms with Gasteiger partial charge in [0, 0.05) is 19.4 Å². The summed E-state index contributed by atoms with van der Waals surface area (Å²) in [6.45, 7) is 0.850. The molecule has 2 N–H and O–H groups in total. The van der Waals surface area contributed by atoms with Crippen molar-refractivity contribution in [1.82, 2.24) is 4.90 Å². The fourth-order valence-corrected chi connectivity index (χ4v) is 3.81. The number of aliphatic hydroxyl groups excluding tert-OH is 1. The summed E-state index contributed by atoms with van der Waals surface area (Å²) in [5.41, 5.74) is 1.12. The maximum atomic E-state index is 12.2. The molecule has 0 spiro atoms. The number of carboxylic acid groups (broad SMARTS) is 1. The monoisotopic (exact) mass is 381 g/mol. The molecule has 0 saturated carbocycles. The summed E-state index contributed by atoms with van der Waals surface area (Å²) in [4.78, 5) is 24.4. The number of hydrogen-bond donors (Lipinski definition) is 2. The molecule has 1 aliphatic heterocycles. The molecule has 1 aromatic rings. The minimum Gasteiger partial charge on any atom is -0.450 e. The van der Waals surface area contributed by atoms with E-state index in [1.807, 2.05) is 27.8 Å². The Labute approximate surface area is 158 Å². The molecule has 2 rings (SSSR count). The Kier molecular flexibility index (Phi) is 8.64. The largest absolute Gasteiger partial charge is 0.505 e. The number of unbranched alkanes of at least 4 members (excludes halogenated alkanes) is 2. The predicted octanol–water partition coefficient (Wildman–Crippen LogP) is 3.45. The van der Waals surface area contributed by atoms with Crippen LogP contribution in [0.5, 0.6) is 0 Å². The van der Waals surface area contributed by atoms with E-state index in [2.05, 4.69) is 4.74 Å². The molecule has 0 aliphatic carbocycles. The average molecular weight is 381 g/mol. The molecule has 144 valence electrons. The Morgan fingerprint density at radius 1 is 1.42 bits per heavy atom. The fourth-order valence-electron chi connectivity index (χ4n) is 3.13. The fraction of sp³-hybridized carbons (Fsp3) is 0.579. The van der Waals surface area contributed by atoms with E-state index in [0.29, 0.717) is 25.8 Å². The topological polar surface area (TPSA) is 87.1 Å². The highest BCUT2D eigenvalue weighted by atomic mass is 32.1. The van der Waals surface area contributed by atoms with Crippen LogP contribution in [0.25, 0.3) is 0 Å². The van der Waals surface area contributed by atoms with Crippen molar-refractivity contribution in [2.75, 3.05) is 13.2 Å². The molecule has 1 amide bonds. The highest BCUT2D eigenvalue weighted by molar-refractivity contribution is 7.07. The number of carbonyl (C=O) groups excluding carboxylic acids is 1. The van der Waals surface area contributed by atoms with Crippen LogP contribution in [-0.4, -0.2) is 52.5 Å². The second-order valence-corrected chi connectivity index (χ2v) is 7.29. The molecule has 7 heteroatoms. The van der Waals surface area contributed by atoms with Crippen LogP contribution >= 0.6 is 11.3 Å². The van der Waals surface area contributed by atoms with Gasteiger partial charge in [0.2, 0.25) is 5.91 Å². The van der Waals surface area contributed by atoms with E-state index in [9.17, 15) is 14.7 Å². The first kappa shape index (κ1) is 20.5. The second-order valence-electron chi connectivity index (χ2n) is 6.51. The summed E-state index contributed by atoms with van der Waals surface area (Å²) in [5.74, 6) is 0.153. The number of carbonyl (C=O) groups is 2. The van der Waals surface area contributed by atoms with Crippen molar-refractivity contribution >= 4 is 23.4 Å². The van der Waals surface area contributed by atoms with Gasteiger partial charge in [0.25, 0.3) is 0 Å². The number of aliphatic hydroxyl groups is 1. The van der Waals surface area contributed by atoms with Crippen molar-refractivity contribution in [2.24, 2.45) is 0 Å². The van der Waals surface area contributed by atoms with Crippen molar-refractivity contribution in [3.63, 3.8) is 0 Å². The molecule has 6 nitrogen and oxygen atoms in total. The zero-order valence-electron chi connectivity index (χ0n) is 14.9. The number of likely N-dealkylation sites (tertiary alicyclic amines) is 1. The van der Waals surface area contributed by atoms with E-state index in [1.165, 1.54) is 0 Å². The SMILES string of the molecule is O=C(O)OCCCCCN1C(=O)CCC[C@@H]1C=CC(O)Cc1ccsc1. The number of nitrogens with zero attached hydrogens (tertiary/aromatic N) is 1. The third-order valence-electron chi connectivity index (χ3n) is 4.46. The van der Waals surface area contributed by atoms with Crippen molar-refractivity contribution < 1.29 is 24.5 Å². The standard InChI is InChI=1S/C19H27NO5S/c21-17(13-15-9-12-26-14-15)8-7-16-5-4-6-18(22)20(16)10-2-1-3-11-25-19(23)24/h7-9,12,14,16-17,21H,1-6,10-11,13H2,(H,23,24)/t16-,17?/m1/s1. The van der Waals surface area contributed by atoms with Gasteiger partial charge >= 0.3 is 6.16 Å². The van der Waals surface area contributed by atoms with Gasteiger partial charge in [-0.15, -0.1) is 0 Å². The molecule has 0 bridgehead atoms. The van der Waals surface area contributed by atoms with Gasteiger partial charge in [-0.05, 0) is 54.5 Å². The Balaban J connectivity index is 1.77. The molecule has 0 aromatic carbocycles. The normalized spacial score (nSPS) is 19.0. The summed E-state index contributed by atoms with van der Waals surface area (Å²) in [6, 6.07) is 2.04. The number of amides is 1. The summed E-state index contributed by atoms with van der Waals surface area (Å²) in [7, 11) is 0. The molecule has 26 heavy (non-hydrogen) atoms. The summed E-state index contributed by atoms with van der Waals surface area (Å²) in [6.07, 6.45) is 7.20. The zero-order valence-corrected chi connectivity index (χ0v) is 15.7. The average Bonchev–Trinajstić information content (AvgIpc) is 3.10. The first-order valence-electron chi connectivity index (χ1n) is 9.09. The number of rotatable bonds is 10. The molecule has 1 aromatic heterocycles. The lowest BCUT2D eigenvalue weighted by atomic mass is 9.99. The van der Waals surface area contributed by atoms with E-state index in [-0.39, 0.29) is 18.6 Å². The lowest BCUT2D eigenvalue weighted by Crippen LogP contribution is -2.43. The van der Waals surface area contributed by atoms with Crippen LogP contribution in [0, 0.1) is 0 Å². The molecule has 1 aliphatic rings. The van der Waals surface area contributed by atoms with Gasteiger partial charge in [-0.2, -0.15) is 11.3 Å². The maximum absolute atomic E-state index is 12.2. The predicted molar refractivity (Wildman–Crippen MR) is 100 cm³/mol. The number of thiophene rings is 1. The van der Waals surface area contributed by atoms with E-state index >= 15 is 0 Å². The van der Waals surface area contributed by atoms with Gasteiger partial charge < -0.3 is 19.8 Å². The van der Waals surface area contributed by atoms with Gasteiger partial charge in [-0.3, -0.25) is 4.79 Å². The Morgan fingerprint density at radius 3 is 3.00 bits per heavy atom. The van der Waals surface area contributed by atoms with E-state index < -0.39 is 12.3 Å². The van der Waals surface area contributed by atoms with Crippen molar-refractivity contribution in [2.45, 2.75) is 57.1 Å². The van der Waals surface area contributed by atoms with Gasteiger partial charge in [0.05, 0.1) is 18.8 Å². The van der Waals surface area contributed by atoms with Crippen molar-refractivity contribution in [1.29, 1.82) is 0 Å².